The maximum atomic E-state index is 11.3. The molecule has 0 aromatic heterocycles. The lowest BCUT2D eigenvalue weighted by atomic mass is 10.1. The van der Waals surface area contributed by atoms with Gasteiger partial charge in [-0.05, 0) is 54.4 Å². The number of hydrogen-bond acceptors (Lipinski definition) is 3. The lowest BCUT2D eigenvalue weighted by Gasteiger charge is -2.13. The summed E-state index contributed by atoms with van der Waals surface area (Å²) in [5.74, 6) is -0.210. The second-order valence-corrected chi connectivity index (χ2v) is 7.15. The summed E-state index contributed by atoms with van der Waals surface area (Å²) in [6.45, 7) is 2.68. The molecule has 0 aliphatic carbocycles. The van der Waals surface area contributed by atoms with Gasteiger partial charge >= 0.3 is 5.97 Å². The topological polar surface area (TPSA) is 58.6 Å². The van der Waals surface area contributed by atoms with Crippen molar-refractivity contribution in [1.29, 1.82) is 0 Å². The lowest BCUT2D eigenvalue weighted by Crippen LogP contribution is -2.06. The molecule has 144 valence electrons. The Morgan fingerprint density at radius 2 is 1.86 bits per heavy atom. The summed E-state index contributed by atoms with van der Waals surface area (Å²) >= 11 is 12.1. The van der Waals surface area contributed by atoms with Crippen molar-refractivity contribution in [2.75, 3.05) is 5.32 Å². The maximum Gasteiger partial charge on any atom is 0.336 e. The van der Waals surface area contributed by atoms with Crippen LogP contribution in [0.4, 0.5) is 5.69 Å². The molecule has 3 aromatic rings. The summed E-state index contributed by atoms with van der Waals surface area (Å²) in [6, 6.07) is 18.2. The third-order valence-corrected chi connectivity index (χ3v) is 4.94. The van der Waals surface area contributed by atoms with Gasteiger partial charge in [0.25, 0.3) is 0 Å². The van der Waals surface area contributed by atoms with Gasteiger partial charge in [-0.1, -0.05) is 47.5 Å². The van der Waals surface area contributed by atoms with Crippen molar-refractivity contribution in [2.45, 2.75) is 20.1 Å². The quantitative estimate of drug-likeness (QED) is 0.482. The Kier molecular flexibility index (Phi) is 6.45. The fourth-order valence-electron chi connectivity index (χ4n) is 2.80. The second kappa shape index (κ2) is 9.00. The van der Waals surface area contributed by atoms with Gasteiger partial charge < -0.3 is 15.2 Å². The molecule has 0 heterocycles. The Labute approximate surface area is 173 Å². The second-order valence-electron chi connectivity index (χ2n) is 6.31. The monoisotopic (exact) mass is 415 g/mol. The molecule has 0 aliphatic heterocycles. The van der Waals surface area contributed by atoms with Crippen molar-refractivity contribution in [3.05, 3.63) is 93.0 Å². The highest BCUT2D eigenvalue weighted by Gasteiger charge is 2.10. The summed E-state index contributed by atoms with van der Waals surface area (Å²) in [4.78, 5) is 11.3. The maximum absolute atomic E-state index is 11.3. The zero-order chi connectivity index (χ0) is 20.1. The minimum absolute atomic E-state index is 0.293. The Morgan fingerprint density at radius 1 is 1.07 bits per heavy atom. The summed E-state index contributed by atoms with van der Waals surface area (Å²) < 4.78 is 5.85. The van der Waals surface area contributed by atoms with Gasteiger partial charge in [-0.25, -0.2) is 4.79 Å². The van der Waals surface area contributed by atoms with Crippen LogP contribution in [0.25, 0.3) is 0 Å². The first-order valence-corrected chi connectivity index (χ1v) is 9.42. The van der Waals surface area contributed by atoms with Gasteiger partial charge in [0.1, 0.15) is 12.4 Å². The molecule has 0 spiro atoms. The number of benzene rings is 3. The highest BCUT2D eigenvalue weighted by Crippen LogP contribution is 2.24. The van der Waals surface area contributed by atoms with E-state index in [2.05, 4.69) is 5.32 Å². The molecular weight excluding hydrogens is 397 g/mol. The first-order chi connectivity index (χ1) is 13.4. The van der Waals surface area contributed by atoms with Crippen molar-refractivity contribution in [3.8, 4) is 5.75 Å². The number of aromatic carboxylic acids is 1. The number of halogens is 2. The number of hydrogen-bond donors (Lipinski definition) is 2. The van der Waals surface area contributed by atoms with E-state index in [1.807, 2.05) is 36.4 Å². The number of ether oxygens (including phenoxy) is 1. The van der Waals surface area contributed by atoms with E-state index in [1.165, 1.54) is 0 Å². The predicted octanol–water partition coefficient (Wildman–Crippen LogP) is 6.19. The van der Waals surface area contributed by atoms with E-state index >= 15 is 0 Å². The van der Waals surface area contributed by atoms with Crippen molar-refractivity contribution in [2.24, 2.45) is 0 Å². The number of anilines is 1. The minimum atomic E-state index is -0.933. The zero-order valence-corrected chi connectivity index (χ0v) is 16.7. The van der Waals surface area contributed by atoms with Crippen molar-refractivity contribution in [1.82, 2.24) is 0 Å². The molecule has 0 aliphatic rings. The van der Waals surface area contributed by atoms with E-state index in [1.54, 1.807) is 31.2 Å². The van der Waals surface area contributed by atoms with Crippen LogP contribution in [-0.2, 0) is 13.2 Å². The highest BCUT2D eigenvalue weighted by molar-refractivity contribution is 6.35. The molecule has 0 saturated heterocycles. The van der Waals surface area contributed by atoms with Gasteiger partial charge in [0.05, 0.1) is 5.56 Å². The first kappa shape index (κ1) is 20.1. The normalized spacial score (nSPS) is 10.5. The number of carbonyl (C=O) groups is 1. The van der Waals surface area contributed by atoms with E-state index in [-0.39, 0.29) is 0 Å². The molecule has 0 atom stereocenters. The van der Waals surface area contributed by atoms with Crippen LogP contribution < -0.4 is 10.1 Å². The molecule has 2 N–H and O–H groups in total. The largest absolute Gasteiger partial charge is 0.489 e. The predicted molar refractivity (Wildman–Crippen MR) is 113 cm³/mol. The molecule has 0 bridgehead atoms. The van der Waals surface area contributed by atoms with E-state index in [9.17, 15) is 9.90 Å². The van der Waals surface area contributed by atoms with Crippen LogP contribution in [0.2, 0.25) is 10.0 Å². The minimum Gasteiger partial charge on any atom is -0.489 e. The smallest absolute Gasteiger partial charge is 0.336 e. The van der Waals surface area contributed by atoms with Crippen molar-refractivity contribution >= 4 is 34.9 Å². The molecular formula is C22H19Cl2NO3. The number of rotatable bonds is 7. The zero-order valence-electron chi connectivity index (χ0n) is 15.2. The fourth-order valence-corrected chi connectivity index (χ4v) is 3.26. The van der Waals surface area contributed by atoms with Crippen LogP contribution in [-0.4, -0.2) is 11.1 Å². The fraction of sp³-hybridized carbons (Fsp3) is 0.136. The van der Waals surface area contributed by atoms with E-state index in [4.69, 9.17) is 27.9 Å². The number of carboxylic acid groups (broad SMARTS) is 1. The molecule has 0 radical (unpaired) electrons. The molecule has 0 saturated carbocycles. The summed E-state index contributed by atoms with van der Waals surface area (Å²) in [5, 5.41) is 13.7. The van der Waals surface area contributed by atoms with Crippen LogP contribution >= 0.6 is 23.2 Å². The number of carboxylic acids is 1. The van der Waals surface area contributed by atoms with Crippen LogP contribution in [0, 0.1) is 6.92 Å². The van der Waals surface area contributed by atoms with Crippen LogP contribution in [0.5, 0.6) is 5.75 Å². The summed E-state index contributed by atoms with van der Waals surface area (Å²) in [6.07, 6.45) is 0. The van der Waals surface area contributed by atoms with E-state index in [0.29, 0.717) is 34.3 Å². The van der Waals surface area contributed by atoms with E-state index < -0.39 is 5.97 Å². The van der Waals surface area contributed by atoms with Gasteiger partial charge in [-0.3, -0.25) is 0 Å². The Hall–Kier alpha value is -2.69. The average Bonchev–Trinajstić information content (AvgIpc) is 2.66. The molecule has 0 unspecified atom stereocenters. The molecule has 0 fully saturated rings. The Morgan fingerprint density at radius 3 is 2.61 bits per heavy atom. The average molecular weight is 416 g/mol. The van der Waals surface area contributed by atoms with Crippen molar-refractivity contribution < 1.29 is 14.6 Å². The summed E-state index contributed by atoms with van der Waals surface area (Å²) in [7, 11) is 0. The van der Waals surface area contributed by atoms with Crippen molar-refractivity contribution in [3.63, 3.8) is 0 Å². The Bertz CT molecular complexity index is 1000. The van der Waals surface area contributed by atoms with Gasteiger partial charge in [0, 0.05) is 27.8 Å². The molecule has 3 aromatic carbocycles. The van der Waals surface area contributed by atoms with Crippen LogP contribution in [0.15, 0.2) is 60.7 Å². The molecule has 0 amide bonds. The molecule has 3 rings (SSSR count). The van der Waals surface area contributed by atoms with Gasteiger partial charge in [-0.15, -0.1) is 0 Å². The van der Waals surface area contributed by atoms with E-state index in [0.717, 1.165) is 22.6 Å². The molecule has 28 heavy (non-hydrogen) atoms. The van der Waals surface area contributed by atoms with Gasteiger partial charge in [-0.2, -0.15) is 0 Å². The third-order valence-electron chi connectivity index (χ3n) is 4.36. The Balaban J connectivity index is 1.65. The lowest BCUT2D eigenvalue weighted by molar-refractivity contribution is 0.0696. The molecule has 4 nitrogen and oxygen atoms in total. The standard InChI is InChI=1S/C22H19Cl2NO3/c1-14-19(22(26)27)6-3-7-21(14)25-12-15-4-2-5-18(10-15)28-13-16-8-9-17(23)11-20(16)24/h2-11,25H,12-13H2,1H3,(H,26,27). The first-order valence-electron chi connectivity index (χ1n) is 8.66. The third kappa shape index (κ3) is 4.97. The SMILES string of the molecule is Cc1c(NCc2cccc(OCc3ccc(Cl)cc3Cl)c2)cccc1C(=O)O. The number of nitrogens with one attached hydrogen (secondary N) is 1. The highest BCUT2D eigenvalue weighted by atomic mass is 35.5. The van der Waals surface area contributed by atoms with Gasteiger partial charge in [0.2, 0.25) is 0 Å². The van der Waals surface area contributed by atoms with Crippen LogP contribution in [0.1, 0.15) is 27.0 Å². The molecule has 6 heteroatoms. The summed E-state index contributed by atoms with van der Waals surface area (Å²) in [5.41, 5.74) is 3.66. The van der Waals surface area contributed by atoms with Gasteiger partial charge in [0.15, 0.2) is 0 Å². The van der Waals surface area contributed by atoms with Crippen LogP contribution in [0.3, 0.4) is 0 Å².